The summed E-state index contributed by atoms with van der Waals surface area (Å²) in [4.78, 5) is 11.5. The van der Waals surface area contributed by atoms with Gasteiger partial charge in [-0.2, -0.15) is 0 Å². The normalized spacial score (nSPS) is 12.5. The molecule has 0 heterocycles. The molecule has 0 aliphatic carbocycles. The molecule has 0 saturated carbocycles. The second-order valence-electron chi connectivity index (χ2n) is 4.30. The monoisotopic (exact) mass is 250 g/mol. The van der Waals surface area contributed by atoms with E-state index < -0.39 is 11.6 Å². The van der Waals surface area contributed by atoms with Crippen LogP contribution in [0.2, 0.25) is 0 Å². The van der Waals surface area contributed by atoms with Crippen molar-refractivity contribution in [2.75, 3.05) is 13.2 Å². The standard InChI is InChI=1S/C11H22N2O2.ClH/c1-5-6-7-15-9(2)10(14)13-8-11(3,4)12;/h5,9H,1,6-8,12H2,2-4H3,(H,13,14);1H. The van der Waals surface area contributed by atoms with Gasteiger partial charge in [-0.3, -0.25) is 4.79 Å². The van der Waals surface area contributed by atoms with Crippen LogP contribution in [0.5, 0.6) is 0 Å². The Morgan fingerprint density at radius 1 is 1.62 bits per heavy atom. The molecule has 3 N–H and O–H groups in total. The van der Waals surface area contributed by atoms with Gasteiger partial charge >= 0.3 is 0 Å². The molecule has 0 spiro atoms. The van der Waals surface area contributed by atoms with Crippen molar-refractivity contribution in [3.8, 4) is 0 Å². The highest BCUT2D eigenvalue weighted by atomic mass is 35.5. The van der Waals surface area contributed by atoms with Crippen LogP contribution in [0.15, 0.2) is 12.7 Å². The third kappa shape index (κ3) is 9.96. The summed E-state index contributed by atoms with van der Waals surface area (Å²) < 4.78 is 5.29. The molecule has 16 heavy (non-hydrogen) atoms. The summed E-state index contributed by atoms with van der Waals surface area (Å²) in [6.07, 6.45) is 2.07. The molecule has 0 aliphatic rings. The number of halogens is 1. The Morgan fingerprint density at radius 3 is 2.62 bits per heavy atom. The molecule has 0 radical (unpaired) electrons. The molecule has 1 atom stereocenters. The summed E-state index contributed by atoms with van der Waals surface area (Å²) >= 11 is 0. The van der Waals surface area contributed by atoms with E-state index in [1.54, 1.807) is 13.0 Å². The van der Waals surface area contributed by atoms with Crippen molar-refractivity contribution >= 4 is 18.3 Å². The summed E-state index contributed by atoms with van der Waals surface area (Å²) in [5.41, 5.74) is 5.34. The summed E-state index contributed by atoms with van der Waals surface area (Å²) in [6, 6.07) is 0. The van der Waals surface area contributed by atoms with E-state index in [4.69, 9.17) is 10.5 Å². The highest BCUT2D eigenvalue weighted by Crippen LogP contribution is 1.96. The van der Waals surface area contributed by atoms with Crippen LogP contribution in [0.25, 0.3) is 0 Å². The Kier molecular flexibility index (Phi) is 9.52. The first kappa shape index (κ1) is 17.8. The van der Waals surface area contributed by atoms with Crippen LogP contribution in [0.4, 0.5) is 0 Å². The Hall–Kier alpha value is -0.580. The third-order valence-electron chi connectivity index (χ3n) is 1.78. The van der Waals surface area contributed by atoms with E-state index in [0.717, 1.165) is 6.42 Å². The molecule has 0 rings (SSSR count). The molecule has 0 aromatic rings. The molecule has 0 aromatic carbocycles. The third-order valence-corrected chi connectivity index (χ3v) is 1.78. The molecule has 0 aromatic heterocycles. The van der Waals surface area contributed by atoms with Crippen LogP contribution in [0.1, 0.15) is 27.2 Å². The van der Waals surface area contributed by atoms with Crippen LogP contribution < -0.4 is 11.1 Å². The van der Waals surface area contributed by atoms with Gasteiger partial charge in [0.25, 0.3) is 0 Å². The molecule has 4 nitrogen and oxygen atoms in total. The van der Waals surface area contributed by atoms with Crippen LogP contribution in [0.3, 0.4) is 0 Å². The van der Waals surface area contributed by atoms with E-state index in [0.29, 0.717) is 13.2 Å². The minimum absolute atomic E-state index is 0. The quantitative estimate of drug-likeness (QED) is 0.528. The molecule has 1 amide bonds. The van der Waals surface area contributed by atoms with E-state index in [2.05, 4.69) is 11.9 Å². The zero-order valence-electron chi connectivity index (χ0n) is 10.3. The van der Waals surface area contributed by atoms with Gasteiger partial charge in [-0.05, 0) is 27.2 Å². The van der Waals surface area contributed by atoms with Gasteiger partial charge in [-0.1, -0.05) is 6.08 Å². The number of amides is 1. The lowest BCUT2D eigenvalue weighted by molar-refractivity contribution is -0.131. The number of carbonyl (C=O) groups is 1. The molecule has 96 valence electrons. The van der Waals surface area contributed by atoms with E-state index in [1.807, 2.05) is 13.8 Å². The number of rotatable bonds is 7. The van der Waals surface area contributed by atoms with Crippen LogP contribution in [-0.4, -0.2) is 30.7 Å². The van der Waals surface area contributed by atoms with Gasteiger partial charge in [0.1, 0.15) is 6.10 Å². The number of ether oxygens (including phenoxy) is 1. The highest BCUT2D eigenvalue weighted by molar-refractivity contribution is 5.85. The van der Waals surface area contributed by atoms with Gasteiger partial charge in [0, 0.05) is 12.1 Å². The lowest BCUT2D eigenvalue weighted by Crippen LogP contribution is -2.47. The Morgan fingerprint density at radius 2 is 2.19 bits per heavy atom. The van der Waals surface area contributed by atoms with Crippen molar-refractivity contribution in [2.45, 2.75) is 38.8 Å². The van der Waals surface area contributed by atoms with Crippen molar-refractivity contribution < 1.29 is 9.53 Å². The van der Waals surface area contributed by atoms with Crippen LogP contribution in [-0.2, 0) is 9.53 Å². The van der Waals surface area contributed by atoms with Crippen LogP contribution in [0, 0.1) is 0 Å². The van der Waals surface area contributed by atoms with Crippen molar-refractivity contribution in [3.05, 3.63) is 12.7 Å². The molecule has 0 bridgehead atoms. The molecular formula is C11H23ClN2O2. The van der Waals surface area contributed by atoms with Gasteiger partial charge < -0.3 is 15.8 Å². The lowest BCUT2D eigenvalue weighted by atomic mass is 10.1. The predicted molar refractivity (Wildman–Crippen MR) is 68.8 cm³/mol. The number of nitrogens with one attached hydrogen (secondary N) is 1. The number of nitrogens with two attached hydrogens (primary N) is 1. The Labute approximate surface area is 104 Å². The van der Waals surface area contributed by atoms with Crippen molar-refractivity contribution in [1.29, 1.82) is 0 Å². The molecule has 0 aliphatic heterocycles. The fourth-order valence-electron chi connectivity index (χ4n) is 0.862. The van der Waals surface area contributed by atoms with Gasteiger partial charge in [0.15, 0.2) is 0 Å². The molecule has 0 fully saturated rings. The van der Waals surface area contributed by atoms with Crippen LogP contribution >= 0.6 is 12.4 Å². The molecular weight excluding hydrogens is 228 g/mol. The predicted octanol–water partition coefficient (Wildman–Crippen LogP) is 1.24. The summed E-state index contributed by atoms with van der Waals surface area (Å²) in [5.74, 6) is -0.127. The first-order valence-electron chi connectivity index (χ1n) is 5.16. The van der Waals surface area contributed by atoms with Crippen molar-refractivity contribution in [2.24, 2.45) is 5.73 Å². The zero-order valence-corrected chi connectivity index (χ0v) is 11.1. The Balaban J connectivity index is 0. The number of carbonyl (C=O) groups excluding carboxylic acids is 1. The minimum atomic E-state index is -0.438. The molecule has 1 unspecified atom stereocenters. The average Bonchev–Trinajstić information content (AvgIpc) is 2.13. The van der Waals surface area contributed by atoms with Gasteiger partial charge in [0.2, 0.25) is 5.91 Å². The maximum absolute atomic E-state index is 11.5. The Bertz CT molecular complexity index is 215. The first-order valence-corrected chi connectivity index (χ1v) is 5.16. The topological polar surface area (TPSA) is 64.3 Å². The van der Waals surface area contributed by atoms with Gasteiger partial charge in [-0.15, -0.1) is 19.0 Å². The number of hydrogen-bond donors (Lipinski definition) is 2. The maximum Gasteiger partial charge on any atom is 0.248 e. The van der Waals surface area contributed by atoms with E-state index in [1.165, 1.54) is 0 Å². The summed E-state index contributed by atoms with van der Waals surface area (Å²) in [6.45, 7) is 9.98. The molecule has 0 saturated heterocycles. The lowest BCUT2D eigenvalue weighted by Gasteiger charge is -2.20. The van der Waals surface area contributed by atoms with Gasteiger partial charge in [-0.25, -0.2) is 0 Å². The van der Waals surface area contributed by atoms with Crippen molar-refractivity contribution in [1.82, 2.24) is 5.32 Å². The second kappa shape index (κ2) is 8.56. The van der Waals surface area contributed by atoms with E-state index >= 15 is 0 Å². The van der Waals surface area contributed by atoms with E-state index in [9.17, 15) is 4.79 Å². The number of hydrogen-bond acceptors (Lipinski definition) is 3. The highest BCUT2D eigenvalue weighted by Gasteiger charge is 2.16. The summed E-state index contributed by atoms with van der Waals surface area (Å²) in [7, 11) is 0. The summed E-state index contributed by atoms with van der Waals surface area (Å²) in [5, 5.41) is 2.73. The average molecular weight is 251 g/mol. The van der Waals surface area contributed by atoms with Crippen molar-refractivity contribution in [3.63, 3.8) is 0 Å². The minimum Gasteiger partial charge on any atom is -0.368 e. The fourth-order valence-corrected chi connectivity index (χ4v) is 0.862. The smallest absolute Gasteiger partial charge is 0.248 e. The fraction of sp³-hybridized carbons (Fsp3) is 0.727. The first-order chi connectivity index (χ1) is 6.87. The largest absolute Gasteiger partial charge is 0.368 e. The molecule has 5 heteroatoms. The van der Waals surface area contributed by atoms with E-state index in [-0.39, 0.29) is 18.3 Å². The SMILES string of the molecule is C=CCCOC(C)C(=O)NCC(C)(C)N.Cl. The van der Waals surface area contributed by atoms with Gasteiger partial charge in [0.05, 0.1) is 6.61 Å². The zero-order chi connectivity index (χ0) is 11.9. The second-order valence-corrected chi connectivity index (χ2v) is 4.30. The maximum atomic E-state index is 11.5.